The maximum Gasteiger partial charge on any atom is 0.410 e. The fourth-order valence-electron chi connectivity index (χ4n) is 2.46. The maximum atomic E-state index is 11.9. The molecule has 2 heterocycles. The van der Waals surface area contributed by atoms with Gasteiger partial charge in [-0.05, 0) is 39.5 Å². The second-order valence-corrected chi connectivity index (χ2v) is 6.15. The highest BCUT2D eigenvalue weighted by atomic mass is 16.6. The third-order valence-corrected chi connectivity index (χ3v) is 3.46. The van der Waals surface area contributed by atoms with Crippen LogP contribution in [0.2, 0.25) is 0 Å². The number of cyclic esters (lactones) is 1. The number of nitrogens with zero attached hydrogens (tertiary/aromatic N) is 1. The van der Waals surface area contributed by atoms with Crippen molar-refractivity contribution in [2.45, 2.75) is 45.3 Å². The number of carbonyl (C=O) groups is 2. The average molecular weight is 270 g/mol. The van der Waals surface area contributed by atoms with Gasteiger partial charge in [0.05, 0.1) is 6.04 Å². The van der Waals surface area contributed by atoms with Gasteiger partial charge in [-0.2, -0.15) is 0 Å². The summed E-state index contributed by atoms with van der Waals surface area (Å²) in [4.78, 5) is 24.6. The van der Waals surface area contributed by atoms with Crippen LogP contribution in [0, 0.1) is 5.92 Å². The van der Waals surface area contributed by atoms with Crippen LogP contribution < -0.4 is 5.32 Å². The summed E-state index contributed by atoms with van der Waals surface area (Å²) in [7, 11) is 0. The molecule has 0 radical (unpaired) electrons. The molecule has 0 aromatic heterocycles. The lowest BCUT2D eigenvalue weighted by Crippen LogP contribution is -2.46. The fraction of sp³-hybridized carbons (Fsp3) is 0.846. The highest BCUT2D eigenvalue weighted by Crippen LogP contribution is 2.24. The summed E-state index contributed by atoms with van der Waals surface area (Å²) >= 11 is 0. The molecular formula is C13H22N2O4. The van der Waals surface area contributed by atoms with E-state index < -0.39 is 5.60 Å². The lowest BCUT2D eigenvalue weighted by molar-refractivity contribution is 0.0170. The Bertz CT molecular complexity index is 356. The molecule has 2 fully saturated rings. The van der Waals surface area contributed by atoms with Crippen molar-refractivity contribution in [3.8, 4) is 0 Å². The van der Waals surface area contributed by atoms with E-state index in [0.29, 0.717) is 25.6 Å². The van der Waals surface area contributed by atoms with Gasteiger partial charge in [0.2, 0.25) is 0 Å². The molecular weight excluding hydrogens is 248 g/mol. The number of nitrogens with one attached hydrogen (secondary N) is 1. The monoisotopic (exact) mass is 270 g/mol. The molecule has 19 heavy (non-hydrogen) atoms. The molecule has 1 atom stereocenters. The molecule has 0 bridgehead atoms. The van der Waals surface area contributed by atoms with Crippen molar-refractivity contribution in [2.75, 3.05) is 19.7 Å². The molecule has 0 aliphatic carbocycles. The van der Waals surface area contributed by atoms with Crippen LogP contribution in [-0.4, -0.2) is 48.4 Å². The molecule has 1 unspecified atom stereocenters. The van der Waals surface area contributed by atoms with Gasteiger partial charge in [-0.25, -0.2) is 9.59 Å². The van der Waals surface area contributed by atoms with Gasteiger partial charge >= 0.3 is 12.2 Å². The van der Waals surface area contributed by atoms with Gasteiger partial charge in [0.1, 0.15) is 12.2 Å². The van der Waals surface area contributed by atoms with E-state index in [0.717, 1.165) is 12.8 Å². The number of piperidine rings is 1. The minimum absolute atomic E-state index is 0.0910. The Labute approximate surface area is 113 Å². The first kappa shape index (κ1) is 14.0. The Hall–Kier alpha value is -1.46. The van der Waals surface area contributed by atoms with Crippen LogP contribution in [0.1, 0.15) is 33.6 Å². The minimum Gasteiger partial charge on any atom is -0.447 e. The van der Waals surface area contributed by atoms with E-state index in [1.807, 2.05) is 20.8 Å². The van der Waals surface area contributed by atoms with Crippen molar-refractivity contribution in [1.29, 1.82) is 0 Å². The fourth-order valence-corrected chi connectivity index (χ4v) is 2.46. The first-order valence-electron chi connectivity index (χ1n) is 6.76. The second kappa shape index (κ2) is 5.27. The van der Waals surface area contributed by atoms with Gasteiger partial charge in [-0.15, -0.1) is 0 Å². The van der Waals surface area contributed by atoms with Crippen molar-refractivity contribution >= 4 is 12.2 Å². The molecule has 6 heteroatoms. The highest BCUT2D eigenvalue weighted by Gasteiger charge is 2.34. The first-order chi connectivity index (χ1) is 8.85. The molecule has 2 rings (SSSR count). The Morgan fingerprint density at radius 2 is 2.00 bits per heavy atom. The van der Waals surface area contributed by atoms with Crippen molar-refractivity contribution < 1.29 is 19.1 Å². The number of hydrogen-bond donors (Lipinski definition) is 1. The van der Waals surface area contributed by atoms with E-state index in [-0.39, 0.29) is 18.2 Å². The first-order valence-corrected chi connectivity index (χ1v) is 6.76. The van der Waals surface area contributed by atoms with Gasteiger partial charge in [0.15, 0.2) is 0 Å². The van der Waals surface area contributed by atoms with Crippen LogP contribution in [0.25, 0.3) is 0 Å². The van der Waals surface area contributed by atoms with Gasteiger partial charge in [0.25, 0.3) is 0 Å². The lowest BCUT2D eigenvalue weighted by Gasteiger charge is -2.34. The summed E-state index contributed by atoms with van der Waals surface area (Å²) in [5, 5.41) is 2.81. The van der Waals surface area contributed by atoms with Crippen LogP contribution in [0.15, 0.2) is 0 Å². The zero-order valence-corrected chi connectivity index (χ0v) is 11.8. The Balaban J connectivity index is 1.79. The topological polar surface area (TPSA) is 67.9 Å². The number of carbonyl (C=O) groups excluding carboxylic acids is 2. The summed E-state index contributed by atoms with van der Waals surface area (Å²) in [6.07, 6.45) is 1.15. The summed E-state index contributed by atoms with van der Waals surface area (Å²) in [6.45, 7) is 7.38. The van der Waals surface area contributed by atoms with Crippen LogP contribution in [0.5, 0.6) is 0 Å². The predicted molar refractivity (Wildman–Crippen MR) is 68.8 cm³/mol. The number of hydrogen-bond acceptors (Lipinski definition) is 4. The number of likely N-dealkylation sites (tertiary alicyclic amines) is 1. The zero-order chi connectivity index (χ0) is 14.0. The van der Waals surface area contributed by atoms with Gasteiger partial charge in [-0.3, -0.25) is 0 Å². The van der Waals surface area contributed by atoms with E-state index in [4.69, 9.17) is 9.47 Å². The summed E-state index contributed by atoms with van der Waals surface area (Å²) in [6, 6.07) is 0.0910. The molecule has 6 nitrogen and oxygen atoms in total. The van der Waals surface area contributed by atoms with Crippen molar-refractivity contribution in [3.05, 3.63) is 0 Å². The molecule has 0 aromatic carbocycles. The van der Waals surface area contributed by atoms with E-state index in [1.165, 1.54) is 0 Å². The molecule has 2 aliphatic rings. The van der Waals surface area contributed by atoms with Crippen molar-refractivity contribution in [2.24, 2.45) is 5.92 Å². The number of alkyl carbamates (subject to hydrolysis) is 1. The van der Waals surface area contributed by atoms with Crippen molar-refractivity contribution in [1.82, 2.24) is 10.2 Å². The number of amides is 2. The molecule has 2 saturated heterocycles. The van der Waals surface area contributed by atoms with E-state index in [9.17, 15) is 9.59 Å². The second-order valence-electron chi connectivity index (χ2n) is 6.15. The molecule has 2 amide bonds. The Morgan fingerprint density at radius 1 is 1.37 bits per heavy atom. The average Bonchev–Trinajstić information content (AvgIpc) is 2.74. The van der Waals surface area contributed by atoms with E-state index in [2.05, 4.69) is 5.32 Å². The number of rotatable bonds is 1. The molecule has 2 aliphatic heterocycles. The highest BCUT2D eigenvalue weighted by molar-refractivity contribution is 5.70. The van der Waals surface area contributed by atoms with Crippen LogP contribution in [0.3, 0.4) is 0 Å². The van der Waals surface area contributed by atoms with Crippen LogP contribution >= 0.6 is 0 Å². The molecule has 1 N–H and O–H groups in total. The van der Waals surface area contributed by atoms with Gasteiger partial charge in [0, 0.05) is 13.1 Å². The zero-order valence-electron chi connectivity index (χ0n) is 11.8. The van der Waals surface area contributed by atoms with Crippen LogP contribution in [-0.2, 0) is 9.47 Å². The Kier molecular flexibility index (Phi) is 3.87. The smallest absolute Gasteiger partial charge is 0.410 e. The molecule has 0 saturated carbocycles. The Morgan fingerprint density at radius 3 is 2.47 bits per heavy atom. The van der Waals surface area contributed by atoms with Gasteiger partial charge in [-0.1, -0.05) is 0 Å². The predicted octanol–water partition coefficient (Wildman–Crippen LogP) is 1.74. The largest absolute Gasteiger partial charge is 0.447 e. The standard InChI is InChI=1S/C13H22N2O4/c1-13(2,3)19-12(17)15-6-4-9(5-7-15)10-8-18-11(16)14-10/h9-10H,4-8H2,1-3H3,(H,14,16). The summed E-state index contributed by atoms with van der Waals surface area (Å²) in [5.74, 6) is 0.380. The van der Waals surface area contributed by atoms with Crippen molar-refractivity contribution in [3.63, 3.8) is 0 Å². The third-order valence-electron chi connectivity index (χ3n) is 3.46. The van der Waals surface area contributed by atoms with E-state index >= 15 is 0 Å². The lowest BCUT2D eigenvalue weighted by atomic mass is 9.90. The molecule has 108 valence electrons. The summed E-state index contributed by atoms with van der Waals surface area (Å²) in [5.41, 5.74) is -0.457. The third kappa shape index (κ3) is 3.75. The maximum absolute atomic E-state index is 11.9. The van der Waals surface area contributed by atoms with Crippen LogP contribution in [0.4, 0.5) is 9.59 Å². The molecule has 0 aromatic rings. The normalized spacial score (nSPS) is 24.9. The van der Waals surface area contributed by atoms with Gasteiger partial charge < -0.3 is 19.7 Å². The SMILES string of the molecule is CC(C)(C)OC(=O)N1CCC(C2COC(=O)N2)CC1. The summed E-state index contributed by atoms with van der Waals surface area (Å²) < 4.78 is 10.3. The van der Waals surface area contributed by atoms with E-state index in [1.54, 1.807) is 4.90 Å². The molecule has 0 spiro atoms. The number of ether oxygens (including phenoxy) is 2. The minimum atomic E-state index is -0.457. The quantitative estimate of drug-likeness (QED) is 0.788.